The molecule has 0 spiro atoms. The number of hydrogen-bond donors (Lipinski definition) is 1. The van der Waals surface area contributed by atoms with E-state index in [2.05, 4.69) is 15.5 Å². The first-order valence-electron chi connectivity index (χ1n) is 6.55. The van der Waals surface area contributed by atoms with Crippen LogP contribution < -0.4 is 5.32 Å². The van der Waals surface area contributed by atoms with Crippen LogP contribution in [-0.4, -0.2) is 26.6 Å². The second-order valence-corrected chi connectivity index (χ2v) is 4.69. The molecule has 5 nitrogen and oxygen atoms in total. The summed E-state index contributed by atoms with van der Waals surface area (Å²) in [6.07, 6.45) is 5.86. The zero-order valence-corrected chi connectivity index (χ0v) is 11.6. The van der Waals surface area contributed by atoms with Crippen LogP contribution in [0.5, 0.6) is 0 Å². The van der Waals surface area contributed by atoms with Crippen molar-refractivity contribution in [3.63, 3.8) is 0 Å². The van der Waals surface area contributed by atoms with E-state index in [4.69, 9.17) is 0 Å². The lowest BCUT2D eigenvalue weighted by atomic mass is 10.1. The van der Waals surface area contributed by atoms with Crippen LogP contribution in [0.3, 0.4) is 0 Å². The number of para-hydroxylation sites is 1. The Morgan fingerprint density at radius 2 is 1.95 bits per heavy atom. The minimum atomic E-state index is 0.0497. The largest absolute Gasteiger partial charge is 0.308 e. The van der Waals surface area contributed by atoms with E-state index < -0.39 is 0 Å². The minimum absolute atomic E-state index is 0.0497. The smallest absolute Gasteiger partial charge is 0.0840 e. The average Bonchev–Trinajstić information content (AvgIpc) is 3.11. The number of aryl methyl sites for hydroxylation is 1. The molecule has 102 valence electrons. The number of nitrogens with zero attached hydrogens (tertiary/aromatic N) is 4. The van der Waals surface area contributed by atoms with Crippen molar-refractivity contribution in [1.82, 2.24) is 24.9 Å². The maximum absolute atomic E-state index is 4.46. The van der Waals surface area contributed by atoms with Gasteiger partial charge in [0, 0.05) is 25.0 Å². The van der Waals surface area contributed by atoms with E-state index in [0.717, 1.165) is 16.9 Å². The van der Waals surface area contributed by atoms with Gasteiger partial charge in [0.15, 0.2) is 0 Å². The molecule has 2 heterocycles. The predicted octanol–water partition coefficient (Wildman–Crippen LogP) is 1.91. The van der Waals surface area contributed by atoms with Gasteiger partial charge in [0.2, 0.25) is 0 Å². The number of hydrogen-bond acceptors (Lipinski definition) is 3. The average molecular weight is 267 g/mol. The molecule has 3 rings (SSSR count). The molecule has 3 aromatic rings. The van der Waals surface area contributed by atoms with Gasteiger partial charge in [-0.2, -0.15) is 10.2 Å². The van der Waals surface area contributed by atoms with E-state index in [1.807, 2.05) is 73.8 Å². The molecular formula is C15H17N5. The van der Waals surface area contributed by atoms with Crippen LogP contribution in [0.15, 0.2) is 55.0 Å². The van der Waals surface area contributed by atoms with Crippen molar-refractivity contribution in [1.29, 1.82) is 0 Å². The lowest BCUT2D eigenvalue weighted by Crippen LogP contribution is -2.18. The Hall–Kier alpha value is -2.40. The third-order valence-electron chi connectivity index (χ3n) is 3.28. The van der Waals surface area contributed by atoms with Crippen LogP contribution in [0.4, 0.5) is 0 Å². The van der Waals surface area contributed by atoms with Gasteiger partial charge >= 0.3 is 0 Å². The number of aromatic nitrogens is 4. The summed E-state index contributed by atoms with van der Waals surface area (Å²) in [5, 5.41) is 12.2. The first kappa shape index (κ1) is 12.6. The van der Waals surface area contributed by atoms with E-state index in [-0.39, 0.29) is 6.04 Å². The van der Waals surface area contributed by atoms with Gasteiger partial charge in [-0.3, -0.25) is 4.68 Å². The summed E-state index contributed by atoms with van der Waals surface area (Å²) in [5.74, 6) is 0. The second-order valence-electron chi connectivity index (χ2n) is 4.69. The molecule has 0 saturated carbocycles. The van der Waals surface area contributed by atoms with E-state index in [9.17, 15) is 0 Å². The Balaban J connectivity index is 1.92. The fraction of sp³-hybridized carbons (Fsp3) is 0.200. The molecule has 0 bridgehead atoms. The third kappa shape index (κ3) is 2.35. The van der Waals surface area contributed by atoms with E-state index in [1.165, 1.54) is 0 Å². The highest BCUT2D eigenvalue weighted by Gasteiger charge is 2.16. The molecule has 0 fully saturated rings. The molecule has 1 N–H and O–H groups in total. The number of nitrogens with one attached hydrogen (secondary N) is 1. The van der Waals surface area contributed by atoms with Crippen molar-refractivity contribution >= 4 is 0 Å². The van der Waals surface area contributed by atoms with Gasteiger partial charge < -0.3 is 5.32 Å². The number of benzene rings is 1. The first-order valence-corrected chi connectivity index (χ1v) is 6.55. The molecule has 0 aliphatic rings. The summed E-state index contributed by atoms with van der Waals surface area (Å²) in [4.78, 5) is 0. The summed E-state index contributed by atoms with van der Waals surface area (Å²) < 4.78 is 3.68. The van der Waals surface area contributed by atoms with Crippen LogP contribution in [0.25, 0.3) is 5.69 Å². The van der Waals surface area contributed by atoms with Gasteiger partial charge in [0.05, 0.1) is 23.6 Å². The molecule has 0 saturated heterocycles. The Kier molecular flexibility index (Phi) is 3.35. The molecule has 1 aromatic carbocycles. The molecule has 2 aromatic heterocycles. The third-order valence-corrected chi connectivity index (χ3v) is 3.28. The predicted molar refractivity (Wildman–Crippen MR) is 77.7 cm³/mol. The fourth-order valence-electron chi connectivity index (χ4n) is 2.28. The van der Waals surface area contributed by atoms with Crippen LogP contribution in [0, 0.1) is 0 Å². The lowest BCUT2D eigenvalue weighted by Gasteiger charge is -2.11. The molecule has 20 heavy (non-hydrogen) atoms. The van der Waals surface area contributed by atoms with Crippen molar-refractivity contribution < 1.29 is 0 Å². The topological polar surface area (TPSA) is 47.7 Å². The highest BCUT2D eigenvalue weighted by atomic mass is 15.3. The van der Waals surface area contributed by atoms with Crippen molar-refractivity contribution in [2.24, 2.45) is 7.05 Å². The summed E-state index contributed by atoms with van der Waals surface area (Å²) in [5.41, 5.74) is 3.13. The molecule has 0 amide bonds. The summed E-state index contributed by atoms with van der Waals surface area (Å²) in [7, 11) is 3.85. The SMILES string of the molecule is CNC(c1cnn(-c2ccccc2)c1)c1ccn(C)n1. The Bertz CT molecular complexity index is 683. The van der Waals surface area contributed by atoms with Crippen molar-refractivity contribution in [3.8, 4) is 5.69 Å². The van der Waals surface area contributed by atoms with Gasteiger partial charge in [0.25, 0.3) is 0 Å². The normalized spacial score (nSPS) is 12.5. The molecular weight excluding hydrogens is 250 g/mol. The molecule has 1 atom stereocenters. The zero-order chi connectivity index (χ0) is 13.9. The number of rotatable bonds is 4. The van der Waals surface area contributed by atoms with Crippen molar-refractivity contribution in [2.45, 2.75) is 6.04 Å². The van der Waals surface area contributed by atoms with Crippen LogP contribution in [0.2, 0.25) is 0 Å². The molecule has 0 radical (unpaired) electrons. The molecule has 0 aliphatic carbocycles. The molecule has 1 unspecified atom stereocenters. The van der Waals surface area contributed by atoms with E-state index in [1.54, 1.807) is 4.68 Å². The van der Waals surface area contributed by atoms with E-state index in [0.29, 0.717) is 0 Å². The van der Waals surface area contributed by atoms with Crippen molar-refractivity contribution in [3.05, 3.63) is 66.2 Å². The quantitative estimate of drug-likeness (QED) is 0.785. The summed E-state index contributed by atoms with van der Waals surface area (Å²) >= 11 is 0. The first-order chi connectivity index (χ1) is 9.78. The summed E-state index contributed by atoms with van der Waals surface area (Å²) in [6, 6.07) is 12.1. The minimum Gasteiger partial charge on any atom is -0.308 e. The molecule has 0 aliphatic heterocycles. The summed E-state index contributed by atoms with van der Waals surface area (Å²) in [6.45, 7) is 0. The van der Waals surface area contributed by atoms with Crippen LogP contribution >= 0.6 is 0 Å². The Morgan fingerprint density at radius 3 is 2.60 bits per heavy atom. The van der Waals surface area contributed by atoms with Crippen LogP contribution in [-0.2, 0) is 7.05 Å². The van der Waals surface area contributed by atoms with E-state index >= 15 is 0 Å². The Morgan fingerprint density at radius 1 is 1.15 bits per heavy atom. The monoisotopic (exact) mass is 267 g/mol. The Labute approximate surface area is 117 Å². The fourth-order valence-corrected chi connectivity index (χ4v) is 2.28. The van der Waals surface area contributed by atoms with Crippen LogP contribution in [0.1, 0.15) is 17.3 Å². The molecule has 5 heteroatoms. The van der Waals surface area contributed by atoms with Gasteiger partial charge in [-0.1, -0.05) is 18.2 Å². The van der Waals surface area contributed by atoms with Gasteiger partial charge in [-0.05, 0) is 25.2 Å². The highest BCUT2D eigenvalue weighted by Crippen LogP contribution is 2.20. The second kappa shape index (κ2) is 5.30. The standard InChI is InChI=1S/C15H17N5/c1-16-15(14-8-9-19(2)18-14)12-10-17-20(11-12)13-6-4-3-5-7-13/h3-11,15-16H,1-2H3. The maximum Gasteiger partial charge on any atom is 0.0840 e. The van der Waals surface area contributed by atoms with Gasteiger partial charge in [0.1, 0.15) is 0 Å². The highest BCUT2D eigenvalue weighted by molar-refractivity contribution is 5.32. The van der Waals surface area contributed by atoms with Gasteiger partial charge in [-0.25, -0.2) is 4.68 Å². The zero-order valence-electron chi connectivity index (χ0n) is 11.6. The maximum atomic E-state index is 4.46. The van der Waals surface area contributed by atoms with Gasteiger partial charge in [-0.15, -0.1) is 0 Å². The van der Waals surface area contributed by atoms with Crippen molar-refractivity contribution in [2.75, 3.05) is 7.05 Å². The lowest BCUT2D eigenvalue weighted by molar-refractivity contribution is 0.642.